The van der Waals surface area contributed by atoms with Gasteiger partial charge in [0.05, 0.1) is 27.1 Å². The fourth-order valence-electron chi connectivity index (χ4n) is 3.03. The summed E-state index contributed by atoms with van der Waals surface area (Å²) in [7, 11) is 3.79. The van der Waals surface area contributed by atoms with Crippen LogP contribution in [0.25, 0.3) is 21.9 Å². The number of carbonyl (C=O) groups is 1. The van der Waals surface area contributed by atoms with Gasteiger partial charge in [-0.3, -0.25) is 9.78 Å². The number of benzene rings is 1. The van der Waals surface area contributed by atoms with E-state index in [4.69, 9.17) is 17.3 Å². The van der Waals surface area contributed by atoms with E-state index in [0.29, 0.717) is 23.0 Å². The van der Waals surface area contributed by atoms with Crippen LogP contribution in [-0.4, -0.2) is 40.6 Å². The lowest BCUT2D eigenvalue weighted by Gasteiger charge is -2.12. The van der Waals surface area contributed by atoms with Gasteiger partial charge in [-0.25, -0.2) is 0 Å². The summed E-state index contributed by atoms with van der Waals surface area (Å²) in [5.41, 5.74) is 6.77. The molecule has 0 aliphatic rings. The second kappa shape index (κ2) is 6.44. The summed E-state index contributed by atoms with van der Waals surface area (Å²) in [4.78, 5) is 17.6. The van der Waals surface area contributed by atoms with Gasteiger partial charge in [-0.05, 0) is 31.8 Å². The maximum absolute atomic E-state index is 13.1. The summed E-state index contributed by atoms with van der Waals surface area (Å²) < 4.78 is 40.4. The Morgan fingerprint density at radius 3 is 2.62 bits per heavy atom. The number of fused-ring (bicyclic) bond motifs is 3. The highest BCUT2D eigenvalue weighted by Crippen LogP contribution is 2.36. The molecular formula is C17H16ClF3N4O. The number of aromatic nitrogens is 2. The van der Waals surface area contributed by atoms with Crippen LogP contribution < -0.4 is 5.73 Å². The van der Waals surface area contributed by atoms with E-state index in [-0.39, 0.29) is 16.1 Å². The average Bonchev–Trinajstić information content (AvgIpc) is 2.79. The monoisotopic (exact) mass is 384 g/mol. The molecule has 3 aromatic rings. The maximum atomic E-state index is 13.1. The molecule has 1 amide bonds. The number of amides is 1. The predicted molar refractivity (Wildman–Crippen MR) is 94.2 cm³/mol. The lowest BCUT2D eigenvalue weighted by atomic mass is 10.1. The van der Waals surface area contributed by atoms with Crippen molar-refractivity contribution >= 4 is 39.4 Å². The second-order valence-corrected chi connectivity index (χ2v) is 6.72. The number of primary amides is 1. The molecule has 5 nitrogen and oxygen atoms in total. The van der Waals surface area contributed by atoms with Crippen molar-refractivity contribution in [1.82, 2.24) is 14.5 Å². The molecule has 0 fully saturated rings. The first-order valence-corrected chi connectivity index (χ1v) is 8.07. The molecule has 138 valence electrons. The second-order valence-electron chi connectivity index (χ2n) is 6.34. The molecule has 9 heteroatoms. The van der Waals surface area contributed by atoms with Crippen molar-refractivity contribution in [3.63, 3.8) is 0 Å². The zero-order chi connectivity index (χ0) is 19.2. The van der Waals surface area contributed by atoms with Gasteiger partial charge in [0, 0.05) is 18.1 Å². The van der Waals surface area contributed by atoms with Crippen LogP contribution >= 0.6 is 11.6 Å². The van der Waals surface area contributed by atoms with Crippen LogP contribution in [-0.2, 0) is 13.1 Å². The highest BCUT2D eigenvalue weighted by molar-refractivity contribution is 6.39. The summed E-state index contributed by atoms with van der Waals surface area (Å²) in [6.07, 6.45) is -3.27. The SMILES string of the molecule is CN(C)Cc1ccc2c(c1)c1ncc(C(N)=O)c(Cl)c1n2CC(F)(F)F. The van der Waals surface area contributed by atoms with Crippen LogP contribution in [0, 0.1) is 0 Å². The van der Waals surface area contributed by atoms with Gasteiger partial charge in [0.2, 0.25) is 0 Å². The molecule has 0 unspecified atom stereocenters. The minimum atomic E-state index is -4.47. The van der Waals surface area contributed by atoms with E-state index < -0.39 is 18.6 Å². The van der Waals surface area contributed by atoms with Gasteiger partial charge < -0.3 is 15.2 Å². The third-order valence-electron chi connectivity index (χ3n) is 3.97. The fraction of sp³-hybridized carbons (Fsp3) is 0.294. The topological polar surface area (TPSA) is 64.2 Å². The number of nitrogens with zero attached hydrogens (tertiary/aromatic N) is 3. The number of alkyl halides is 3. The van der Waals surface area contributed by atoms with Crippen molar-refractivity contribution in [2.45, 2.75) is 19.3 Å². The van der Waals surface area contributed by atoms with Crippen LogP contribution in [0.3, 0.4) is 0 Å². The molecule has 0 bridgehead atoms. The number of pyridine rings is 1. The first-order chi connectivity index (χ1) is 12.1. The Hall–Kier alpha value is -2.32. The summed E-state index contributed by atoms with van der Waals surface area (Å²) in [6, 6.07) is 5.16. The number of hydrogen-bond donors (Lipinski definition) is 1. The Bertz CT molecular complexity index is 1010. The van der Waals surface area contributed by atoms with Crippen LogP contribution in [0.1, 0.15) is 15.9 Å². The van der Waals surface area contributed by atoms with Crippen molar-refractivity contribution < 1.29 is 18.0 Å². The van der Waals surface area contributed by atoms with E-state index in [9.17, 15) is 18.0 Å². The zero-order valence-electron chi connectivity index (χ0n) is 14.1. The number of nitrogens with two attached hydrogens (primary N) is 1. The lowest BCUT2D eigenvalue weighted by molar-refractivity contribution is -0.139. The fourth-order valence-corrected chi connectivity index (χ4v) is 3.36. The average molecular weight is 385 g/mol. The number of hydrogen-bond acceptors (Lipinski definition) is 3. The van der Waals surface area contributed by atoms with Crippen LogP contribution in [0.4, 0.5) is 13.2 Å². The Labute approximate surface area is 152 Å². The Balaban J connectivity index is 2.37. The molecule has 0 atom stereocenters. The van der Waals surface area contributed by atoms with Crippen LogP contribution in [0.5, 0.6) is 0 Å². The van der Waals surface area contributed by atoms with Crippen molar-refractivity contribution in [2.24, 2.45) is 5.73 Å². The highest BCUT2D eigenvalue weighted by atomic mass is 35.5. The molecule has 2 N–H and O–H groups in total. The van der Waals surface area contributed by atoms with Crippen molar-refractivity contribution in [3.05, 3.63) is 40.5 Å². The highest BCUT2D eigenvalue weighted by Gasteiger charge is 2.31. The summed E-state index contributed by atoms with van der Waals surface area (Å²) in [5, 5.41) is 0.415. The van der Waals surface area contributed by atoms with Gasteiger partial charge >= 0.3 is 6.18 Å². The van der Waals surface area contributed by atoms with E-state index in [1.807, 2.05) is 19.0 Å². The Morgan fingerprint density at radius 2 is 2.04 bits per heavy atom. The smallest absolute Gasteiger partial charge is 0.366 e. The molecule has 0 saturated heterocycles. The zero-order valence-corrected chi connectivity index (χ0v) is 14.8. The van der Waals surface area contributed by atoms with Gasteiger partial charge in [-0.1, -0.05) is 17.7 Å². The van der Waals surface area contributed by atoms with Gasteiger partial charge in [-0.15, -0.1) is 0 Å². The predicted octanol–water partition coefficient (Wildman–Crippen LogP) is 3.57. The van der Waals surface area contributed by atoms with Crippen molar-refractivity contribution in [1.29, 1.82) is 0 Å². The maximum Gasteiger partial charge on any atom is 0.406 e. The number of halogens is 4. The minimum absolute atomic E-state index is 0.0531. The molecule has 0 aliphatic carbocycles. The minimum Gasteiger partial charge on any atom is -0.366 e. The van der Waals surface area contributed by atoms with E-state index in [2.05, 4.69) is 4.98 Å². The molecule has 3 rings (SSSR count). The standard InChI is InChI=1S/C17H16ClF3N4O/c1-24(2)7-9-3-4-12-10(5-9)14-15(25(12)8-17(19,20)21)13(18)11(6-23-14)16(22)26/h3-6H,7-8H2,1-2H3,(H2,22,26). The quantitative estimate of drug-likeness (QED) is 0.748. The lowest BCUT2D eigenvalue weighted by Crippen LogP contribution is -2.18. The Kier molecular flexibility index (Phi) is 4.58. The summed E-state index contributed by atoms with van der Waals surface area (Å²) in [5.74, 6) is -0.846. The van der Waals surface area contributed by atoms with E-state index in [1.54, 1.807) is 18.2 Å². The van der Waals surface area contributed by atoms with E-state index in [1.165, 1.54) is 6.20 Å². The molecule has 0 saturated carbocycles. The molecule has 1 aromatic carbocycles. The van der Waals surface area contributed by atoms with Gasteiger partial charge in [-0.2, -0.15) is 13.2 Å². The van der Waals surface area contributed by atoms with Gasteiger partial charge in [0.1, 0.15) is 6.54 Å². The van der Waals surface area contributed by atoms with Gasteiger partial charge in [0.15, 0.2) is 0 Å². The molecule has 2 heterocycles. The molecule has 2 aromatic heterocycles. The van der Waals surface area contributed by atoms with Crippen molar-refractivity contribution in [2.75, 3.05) is 14.1 Å². The largest absolute Gasteiger partial charge is 0.406 e. The van der Waals surface area contributed by atoms with E-state index >= 15 is 0 Å². The third-order valence-corrected chi connectivity index (χ3v) is 4.35. The first-order valence-electron chi connectivity index (χ1n) is 7.69. The van der Waals surface area contributed by atoms with Crippen molar-refractivity contribution in [3.8, 4) is 0 Å². The van der Waals surface area contributed by atoms with E-state index in [0.717, 1.165) is 10.1 Å². The number of carbonyl (C=O) groups excluding carboxylic acids is 1. The van der Waals surface area contributed by atoms with Crippen LogP contribution in [0.2, 0.25) is 5.02 Å². The van der Waals surface area contributed by atoms with Gasteiger partial charge in [0.25, 0.3) is 5.91 Å². The summed E-state index contributed by atoms with van der Waals surface area (Å²) in [6.45, 7) is -0.626. The molecule has 0 spiro atoms. The first kappa shape index (κ1) is 18.5. The molecule has 0 radical (unpaired) electrons. The Morgan fingerprint density at radius 1 is 1.35 bits per heavy atom. The summed E-state index contributed by atoms with van der Waals surface area (Å²) >= 11 is 6.23. The normalized spacial score (nSPS) is 12.4. The molecule has 26 heavy (non-hydrogen) atoms. The molecule has 0 aliphatic heterocycles. The third kappa shape index (κ3) is 3.34. The van der Waals surface area contributed by atoms with Crippen LogP contribution in [0.15, 0.2) is 24.4 Å². The number of rotatable bonds is 4. The molecular weight excluding hydrogens is 369 g/mol.